The van der Waals surface area contributed by atoms with Crippen molar-refractivity contribution in [2.45, 2.75) is 268 Å². The van der Waals surface area contributed by atoms with Gasteiger partial charge in [0.2, 0.25) is 5.91 Å². The summed E-state index contributed by atoms with van der Waals surface area (Å²) in [5.41, 5.74) is 0. The first-order chi connectivity index (χ1) is 28.1. The fourth-order valence-electron chi connectivity index (χ4n) is 7.90. The van der Waals surface area contributed by atoms with Gasteiger partial charge in [-0.25, -0.2) is 0 Å². The zero-order valence-corrected chi connectivity index (χ0v) is 37.0. The minimum Gasteiger partial charge on any atom is -0.457 e. The van der Waals surface area contributed by atoms with Crippen LogP contribution in [0.2, 0.25) is 0 Å². The van der Waals surface area contributed by atoms with Crippen molar-refractivity contribution in [3.8, 4) is 0 Å². The summed E-state index contributed by atoms with van der Waals surface area (Å²) in [6.45, 7) is 4.58. The highest BCUT2D eigenvalue weighted by molar-refractivity contribution is 5.80. The zero-order chi connectivity index (χ0) is 42.8. The zero-order valence-electron chi connectivity index (χ0n) is 37.0. The van der Waals surface area contributed by atoms with Crippen LogP contribution in [0.25, 0.3) is 0 Å². The molecule has 9 unspecified atom stereocenters. The number of aliphatic hydroxyl groups is 6. The number of rotatable bonds is 39. The Morgan fingerprint density at radius 3 is 1.38 bits per heavy atom. The maximum absolute atomic E-state index is 13.3. The number of carbonyl (C=O) groups excluding carboxylic acids is 2. The summed E-state index contributed by atoms with van der Waals surface area (Å²) in [4.78, 5) is 25.6. The lowest BCUT2D eigenvalue weighted by molar-refractivity contribution is -0.303. The van der Waals surface area contributed by atoms with Crippen LogP contribution in [0.3, 0.4) is 0 Å². The number of nitrogens with one attached hydrogen (secondary N) is 1. The number of hydrogen-bond donors (Lipinski definition) is 7. The second kappa shape index (κ2) is 36.3. The van der Waals surface area contributed by atoms with Gasteiger partial charge in [0.15, 0.2) is 6.29 Å². The van der Waals surface area contributed by atoms with Crippen LogP contribution in [0.5, 0.6) is 0 Å². The van der Waals surface area contributed by atoms with Gasteiger partial charge in [-0.3, -0.25) is 9.59 Å². The molecule has 58 heavy (non-hydrogen) atoms. The first kappa shape index (κ1) is 54.6. The number of ether oxygens (including phenoxy) is 3. The molecule has 1 heterocycles. The van der Waals surface area contributed by atoms with Gasteiger partial charge in [0.1, 0.15) is 36.6 Å². The predicted molar refractivity (Wildman–Crippen MR) is 229 cm³/mol. The molecule has 0 aliphatic carbocycles. The van der Waals surface area contributed by atoms with E-state index in [4.69, 9.17) is 14.2 Å². The summed E-state index contributed by atoms with van der Waals surface area (Å²) >= 11 is 0. The molecule has 12 nitrogen and oxygen atoms in total. The fourth-order valence-corrected chi connectivity index (χ4v) is 7.90. The molecule has 0 aromatic rings. The molecule has 0 aromatic carbocycles. The van der Waals surface area contributed by atoms with Crippen LogP contribution in [0.1, 0.15) is 213 Å². The van der Waals surface area contributed by atoms with Gasteiger partial charge in [-0.2, -0.15) is 0 Å². The molecule has 344 valence electrons. The summed E-state index contributed by atoms with van der Waals surface area (Å²) < 4.78 is 16.8. The van der Waals surface area contributed by atoms with Crippen molar-refractivity contribution in [1.82, 2.24) is 5.32 Å². The van der Waals surface area contributed by atoms with E-state index in [0.717, 1.165) is 38.5 Å². The Morgan fingerprint density at radius 2 is 0.983 bits per heavy atom. The number of aliphatic hydroxyl groups excluding tert-OH is 6. The Balaban J connectivity index is 2.59. The predicted octanol–water partition coefficient (Wildman–Crippen LogP) is 7.68. The van der Waals surface area contributed by atoms with E-state index in [9.17, 15) is 40.2 Å². The van der Waals surface area contributed by atoms with Crippen molar-refractivity contribution in [3.63, 3.8) is 0 Å². The summed E-state index contributed by atoms with van der Waals surface area (Å²) in [7, 11) is 0. The molecule has 1 saturated heterocycles. The Morgan fingerprint density at radius 1 is 0.586 bits per heavy atom. The van der Waals surface area contributed by atoms with E-state index in [1.165, 1.54) is 135 Å². The molecule has 12 heteroatoms. The fraction of sp³-hybridized carbons (Fsp3) is 0.957. The molecule has 0 saturated carbocycles. The summed E-state index contributed by atoms with van der Waals surface area (Å²) in [6.07, 6.45) is 22.6. The number of amides is 1. The van der Waals surface area contributed by atoms with E-state index in [0.29, 0.717) is 19.3 Å². The molecule has 9 atom stereocenters. The molecule has 1 aliphatic heterocycles. The van der Waals surface area contributed by atoms with Gasteiger partial charge in [-0.05, 0) is 12.8 Å². The van der Waals surface area contributed by atoms with Gasteiger partial charge in [0, 0.05) is 6.92 Å². The lowest BCUT2D eigenvalue weighted by Crippen LogP contribution is -2.60. The minimum absolute atomic E-state index is 0.240. The van der Waals surface area contributed by atoms with Crippen molar-refractivity contribution in [2.75, 3.05) is 13.2 Å². The van der Waals surface area contributed by atoms with Crippen LogP contribution >= 0.6 is 0 Å². The van der Waals surface area contributed by atoms with Gasteiger partial charge < -0.3 is 50.2 Å². The van der Waals surface area contributed by atoms with E-state index in [1.54, 1.807) is 0 Å². The van der Waals surface area contributed by atoms with Gasteiger partial charge in [0.05, 0.1) is 25.4 Å². The molecule has 1 aliphatic rings. The number of hydrogen-bond acceptors (Lipinski definition) is 11. The van der Waals surface area contributed by atoms with Crippen molar-refractivity contribution < 1.29 is 54.4 Å². The molecule has 0 bridgehead atoms. The van der Waals surface area contributed by atoms with Crippen LogP contribution in [0.15, 0.2) is 0 Å². The normalized spacial score (nSPS) is 21.7. The Labute approximate surface area is 352 Å². The minimum atomic E-state index is -1.69. The van der Waals surface area contributed by atoms with Crippen molar-refractivity contribution in [1.29, 1.82) is 0 Å². The maximum atomic E-state index is 13.3. The average Bonchev–Trinajstić information content (AvgIpc) is 3.21. The van der Waals surface area contributed by atoms with Crippen LogP contribution in [0, 0.1) is 0 Å². The highest BCUT2D eigenvalue weighted by atomic mass is 16.7. The second-order valence-electron chi connectivity index (χ2n) is 17.1. The highest BCUT2D eigenvalue weighted by Crippen LogP contribution is 2.24. The first-order valence-electron chi connectivity index (χ1n) is 23.8. The molecule has 0 aromatic heterocycles. The van der Waals surface area contributed by atoms with Crippen molar-refractivity contribution in [2.24, 2.45) is 0 Å². The third-order valence-electron chi connectivity index (χ3n) is 11.7. The van der Waals surface area contributed by atoms with Crippen LogP contribution in [-0.4, -0.2) is 111 Å². The van der Waals surface area contributed by atoms with Gasteiger partial charge in [-0.1, -0.05) is 194 Å². The molecule has 0 spiro atoms. The molecule has 7 N–H and O–H groups in total. The second-order valence-corrected chi connectivity index (χ2v) is 17.1. The molecular weight excluding hydrogens is 743 g/mol. The van der Waals surface area contributed by atoms with Gasteiger partial charge >= 0.3 is 5.97 Å². The largest absolute Gasteiger partial charge is 0.457 e. The van der Waals surface area contributed by atoms with E-state index in [-0.39, 0.29) is 6.42 Å². The van der Waals surface area contributed by atoms with Crippen LogP contribution < -0.4 is 5.32 Å². The molecule has 1 fully saturated rings. The number of esters is 1. The molecular formula is C46H89NO11. The van der Waals surface area contributed by atoms with E-state index < -0.39 is 80.1 Å². The van der Waals surface area contributed by atoms with Gasteiger partial charge in [-0.15, -0.1) is 0 Å². The summed E-state index contributed by atoms with van der Waals surface area (Å²) in [6, 6.07) is -1.16. The van der Waals surface area contributed by atoms with E-state index >= 15 is 0 Å². The molecule has 1 rings (SSSR count). The van der Waals surface area contributed by atoms with Crippen molar-refractivity contribution in [3.05, 3.63) is 0 Å². The van der Waals surface area contributed by atoms with Crippen LogP contribution in [0.4, 0.5) is 0 Å². The number of carbonyl (C=O) groups is 2. The van der Waals surface area contributed by atoms with E-state index in [2.05, 4.69) is 19.2 Å². The monoisotopic (exact) mass is 832 g/mol. The standard InChI is InChI=1S/C46H89NO11/c1-4-6-8-10-12-14-16-17-18-19-20-21-22-23-25-27-29-31-33-39(51)45(55)47-37(35-56-46-43(54)42(53)41(52)40(34-48)58-46)44(57-36(3)49)38(50)32-30-28-26-24-15-13-11-9-7-5-2/h37-44,46,48,50-54H,4-35H2,1-3H3,(H,47,55). The highest BCUT2D eigenvalue weighted by Gasteiger charge is 2.45. The maximum Gasteiger partial charge on any atom is 0.303 e. The lowest BCUT2D eigenvalue weighted by Gasteiger charge is -2.40. The SMILES string of the molecule is CCCCCCCCCCCCCCCCCCCCC(O)C(=O)NC(COC1OC(CO)C(O)C(O)C1O)C(OC(C)=O)C(O)CCCCCCCCCCCC. The Hall–Kier alpha value is -1.38. The molecule has 0 radical (unpaired) electrons. The lowest BCUT2D eigenvalue weighted by atomic mass is 9.98. The average molecular weight is 832 g/mol. The smallest absolute Gasteiger partial charge is 0.303 e. The van der Waals surface area contributed by atoms with Crippen molar-refractivity contribution >= 4 is 11.9 Å². The number of unbranched alkanes of at least 4 members (excludes halogenated alkanes) is 26. The third-order valence-corrected chi connectivity index (χ3v) is 11.7. The first-order valence-corrected chi connectivity index (χ1v) is 23.8. The van der Waals surface area contributed by atoms with E-state index in [1.807, 2.05) is 0 Å². The van der Waals surface area contributed by atoms with Gasteiger partial charge in [0.25, 0.3) is 0 Å². The summed E-state index contributed by atoms with van der Waals surface area (Å²) in [5, 5.41) is 65.4. The topological polar surface area (TPSA) is 195 Å². The quantitative estimate of drug-likeness (QED) is 0.0237. The third kappa shape index (κ3) is 26.1. The Kier molecular flexibility index (Phi) is 34.2. The Bertz CT molecular complexity index is 972. The summed E-state index contributed by atoms with van der Waals surface area (Å²) in [5.74, 6) is -1.39. The molecule has 1 amide bonds. The van der Waals surface area contributed by atoms with Crippen LogP contribution in [-0.2, 0) is 23.8 Å².